The highest BCUT2D eigenvalue weighted by Crippen LogP contribution is 2.32. The highest BCUT2D eigenvalue weighted by Gasteiger charge is 2.19. The van der Waals surface area contributed by atoms with Gasteiger partial charge in [-0.1, -0.05) is 18.2 Å². The molecule has 0 radical (unpaired) electrons. The van der Waals surface area contributed by atoms with Crippen LogP contribution in [0.4, 0.5) is 36.3 Å². The summed E-state index contributed by atoms with van der Waals surface area (Å²) in [5.41, 5.74) is 1.97. The summed E-state index contributed by atoms with van der Waals surface area (Å²) in [5.74, 6) is -1.69. The highest BCUT2D eigenvalue weighted by molar-refractivity contribution is 6.06. The van der Waals surface area contributed by atoms with Gasteiger partial charge >= 0.3 is 6.03 Å². The summed E-state index contributed by atoms with van der Waals surface area (Å²) in [5, 5.41) is 7.85. The lowest BCUT2D eigenvalue weighted by atomic mass is 10.2. The number of amides is 3. The summed E-state index contributed by atoms with van der Waals surface area (Å²) in [7, 11) is 0. The number of nitrogens with one attached hydrogen (secondary N) is 3. The third-order valence-electron chi connectivity index (χ3n) is 5.16. The molecule has 1 aliphatic heterocycles. The van der Waals surface area contributed by atoms with Crippen LogP contribution in [0.3, 0.4) is 0 Å². The van der Waals surface area contributed by atoms with Gasteiger partial charge in [-0.2, -0.15) is 0 Å². The zero-order chi connectivity index (χ0) is 22.5. The lowest BCUT2D eigenvalue weighted by Crippen LogP contribution is -2.24. The molecular formula is C24H22F2N4O2. The third-order valence-corrected chi connectivity index (χ3v) is 5.16. The van der Waals surface area contributed by atoms with Gasteiger partial charge in [0.1, 0.15) is 11.6 Å². The predicted octanol–water partition coefficient (Wildman–Crippen LogP) is 5.46. The van der Waals surface area contributed by atoms with E-state index < -0.39 is 17.7 Å². The standard InChI is InChI=1S/C24H22F2N4O2/c25-17-8-10-19(26)20(14-17)28-24(32)29-21-15-18(9-11-22(21)30-12-4-5-13-30)27-23(31)16-6-2-1-3-7-16/h1-3,6-11,14-15H,4-5,12-13H2,(H,27,31)(H2,28,29,32). The number of benzene rings is 3. The van der Waals surface area contributed by atoms with Crippen molar-refractivity contribution in [3.8, 4) is 0 Å². The number of carbonyl (C=O) groups is 2. The number of urea groups is 1. The van der Waals surface area contributed by atoms with Crippen molar-refractivity contribution < 1.29 is 18.4 Å². The lowest BCUT2D eigenvalue weighted by Gasteiger charge is -2.22. The van der Waals surface area contributed by atoms with E-state index in [0.29, 0.717) is 16.9 Å². The minimum atomic E-state index is -0.745. The van der Waals surface area contributed by atoms with Crippen molar-refractivity contribution in [2.45, 2.75) is 12.8 Å². The Morgan fingerprint density at radius 2 is 1.50 bits per heavy atom. The smallest absolute Gasteiger partial charge is 0.323 e. The summed E-state index contributed by atoms with van der Waals surface area (Å²) >= 11 is 0. The average Bonchev–Trinajstić information content (AvgIpc) is 3.32. The molecule has 3 aromatic carbocycles. The minimum absolute atomic E-state index is 0.265. The molecule has 0 bridgehead atoms. The van der Waals surface area contributed by atoms with Crippen LogP contribution in [0, 0.1) is 11.6 Å². The number of halogens is 2. The number of nitrogens with zero attached hydrogens (tertiary/aromatic N) is 1. The van der Waals surface area contributed by atoms with Crippen molar-refractivity contribution in [3.05, 3.63) is 83.9 Å². The number of rotatable bonds is 5. The van der Waals surface area contributed by atoms with E-state index in [1.54, 1.807) is 36.4 Å². The zero-order valence-electron chi connectivity index (χ0n) is 17.2. The molecular weight excluding hydrogens is 414 g/mol. The Balaban J connectivity index is 1.56. The SMILES string of the molecule is O=C(Nc1cc(F)ccc1F)Nc1cc(NC(=O)c2ccccc2)ccc1N1CCCC1. The maximum absolute atomic E-state index is 13.9. The summed E-state index contributed by atoms with van der Waals surface area (Å²) in [6.07, 6.45) is 2.07. The van der Waals surface area contributed by atoms with Gasteiger partial charge < -0.3 is 20.9 Å². The van der Waals surface area contributed by atoms with E-state index in [1.165, 1.54) is 0 Å². The number of hydrogen-bond donors (Lipinski definition) is 3. The second-order valence-electron chi connectivity index (χ2n) is 7.45. The fourth-order valence-corrected chi connectivity index (χ4v) is 3.61. The van der Waals surface area contributed by atoms with Crippen LogP contribution in [-0.4, -0.2) is 25.0 Å². The molecule has 164 valence electrons. The summed E-state index contributed by atoms with van der Waals surface area (Å²) < 4.78 is 27.3. The molecule has 0 aromatic heterocycles. The third kappa shape index (κ3) is 5.03. The van der Waals surface area contributed by atoms with E-state index in [4.69, 9.17) is 0 Å². The van der Waals surface area contributed by atoms with Gasteiger partial charge in [0.2, 0.25) is 0 Å². The van der Waals surface area contributed by atoms with Crippen molar-refractivity contribution in [2.75, 3.05) is 33.9 Å². The largest absolute Gasteiger partial charge is 0.370 e. The molecule has 1 fully saturated rings. The normalized spacial score (nSPS) is 13.0. The van der Waals surface area contributed by atoms with Crippen molar-refractivity contribution in [1.82, 2.24) is 0 Å². The molecule has 4 rings (SSSR count). The van der Waals surface area contributed by atoms with Gasteiger partial charge in [0.15, 0.2) is 0 Å². The Kier molecular flexibility index (Phi) is 6.30. The number of anilines is 4. The molecule has 3 amide bonds. The molecule has 0 saturated carbocycles. The van der Waals surface area contributed by atoms with Crippen molar-refractivity contribution >= 4 is 34.7 Å². The van der Waals surface area contributed by atoms with Crippen LogP contribution >= 0.6 is 0 Å². The van der Waals surface area contributed by atoms with Crippen LogP contribution in [0.2, 0.25) is 0 Å². The molecule has 0 unspecified atom stereocenters. The van der Waals surface area contributed by atoms with Gasteiger partial charge in [-0.25, -0.2) is 13.6 Å². The summed E-state index contributed by atoms with van der Waals surface area (Å²) in [6, 6.07) is 16.1. The monoisotopic (exact) mass is 436 g/mol. The van der Waals surface area contributed by atoms with Crippen molar-refractivity contribution in [3.63, 3.8) is 0 Å². The van der Waals surface area contributed by atoms with Crippen LogP contribution < -0.4 is 20.9 Å². The van der Waals surface area contributed by atoms with E-state index in [2.05, 4.69) is 20.9 Å². The van der Waals surface area contributed by atoms with Gasteiger partial charge in [0.25, 0.3) is 5.91 Å². The molecule has 1 aliphatic rings. The van der Waals surface area contributed by atoms with E-state index in [1.807, 2.05) is 12.1 Å². The summed E-state index contributed by atoms with van der Waals surface area (Å²) in [6.45, 7) is 1.68. The Morgan fingerprint density at radius 3 is 2.25 bits per heavy atom. The maximum atomic E-state index is 13.9. The molecule has 3 aromatic rings. The summed E-state index contributed by atoms with van der Waals surface area (Å²) in [4.78, 5) is 27.2. The molecule has 32 heavy (non-hydrogen) atoms. The van der Waals surface area contributed by atoms with Gasteiger partial charge in [-0.15, -0.1) is 0 Å². The highest BCUT2D eigenvalue weighted by atomic mass is 19.1. The first-order valence-corrected chi connectivity index (χ1v) is 10.3. The van der Waals surface area contributed by atoms with Crippen LogP contribution in [0.15, 0.2) is 66.7 Å². The van der Waals surface area contributed by atoms with E-state index in [0.717, 1.165) is 49.8 Å². The number of hydrogen-bond acceptors (Lipinski definition) is 3. The first-order chi connectivity index (χ1) is 15.5. The molecule has 3 N–H and O–H groups in total. The Hall–Kier alpha value is -3.94. The minimum Gasteiger partial charge on any atom is -0.370 e. The topological polar surface area (TPSA) is 73.5 Å². The Labute approximate surface area is 184 Å². The van der Waals surface area contributed by atoms with Gasteiger partial charge in [-0.05, 0) is 55.3 Å². The molecule has 0 aliphatic carbocycles. The maximum Gasteiger partial charge on any atom is 0.323 e. The van der Waals surface area contributed by atoms with E-state index >= 15 is 0 Å². The Morgan fingerprint density at radius 1 is 0.781 bits per heavy atom. The molecule has 0 spiro atoms. The van der Waals surface area contributed by atoms with E-state index in [9.17, 15) is 18.4 Å². The number of carbonyl (C=O) groups excluding carboxylic acids is 2. The fourth-order valence-electron chi connectivity index (χ4n) is 3.61. The lowest BCUT2D eigenvalue weighted by molar-refractivity contribution is 0.102. The van der Waals surface area contributed by atoms with Gasteiger partial charge in [0.05, 0.1) is 17.1 Å². The fraction of sp³-hybridized carbons (Fsp3) is 0.167. The molecule has 6 nitrogen and oxygen atoms in total. The van der Waals surface area contributed by atoms with E-state index in [-0.39, 0.29) is 11.6 Å². The molecule has 0 atom stereocenters. The van der Waals surface area contributed by atoms with Gasteiger partial charge in [-0.3, -0.25) is 4.79 Å². The quantitative estimate of drug-likeness (QED) is 0.497. The van der Waals surface area contributed by atoms with Crippen molar-refractivity contribution in [2.24, 2.45) is 0 Å². The van der Waals surface area contributed by atoms with Gasteiger partial charge in [0, 0.05) is 30.4 Å². The van der Waals surface area contributed by atoms with Crippen LogP contribution in [-0.2, 0) is 0 Å². The van der Waals surface area contributed by atoms with Crippen LogP contribution in [0.1, 0.15) is 23.2 Å². The second kappa shape index (κ2) is 9.47. The van der Waals surface area contributed by atoms with Crippen LogP contribution in [0.5, 0.6) is 0 Å². The first kappa shape index (κ1) is 21.3. The predicted molar refractivity (Wildman–Crippen MR) is 121 cm³/mol. The molecule has 1 saturated heterocycles. The zero-order valence-corrected chi connectivity index (χ0v) is 17.2. The van der Waals surface area contributed by atoms with Crippen molar-refractivity contribution in [1.29, 1.82) is 0 Å². The molecule has 8 heteroatoms. The van der Waals surface area contributed by atoms with Crippen LogP contribution in [0.25, 0.3) is 0 Å². The first-order valence-electron chi connectivity index (χ1n) is 10.3. The Bertz CT molecular complexity index is 1130. The second-order valence-corrected chi connectivity index (χ2v) is 7.45. The average molecular weight is 436 g/mol. The molecule has 1 heterocycles.